The van der Waals surface area contributed by atoms with Crippen molar-refractivity contribution in [2.45, 2.75) is 18.0 Å². The Labute approximate surface area is 164 Å². The van der Waals surface area contributed by atoms with Crippen LogP contribution in [0.2, 0.25) is 0 Å². The third-order valence-corrected chi connectivity index (χ3v) is 5.30. The Morgan fingerprint density at radius 3 is 2.45 bits per heavy atom. The van der Waals surface area contributed by atoms with Crippen molar-refractivity contribution in [1.82, 2.24) is 9.78 Å². The second kappa shape index (κ2) is 7.36. The van der Waals surface area contributed by atoms with E-state index in [1.54, 1.807) is 6.92 Å². The number of alkyl halides is 3. The quantitative estimate of drug-likeness (QED) is 0.691. The Morgan fingerprint density at radius 1 is 1.10 bits per heavy atom. The van der Waals surface area contributed by atoms with Gasteiger partial charge in [0.1, 0.15) is 0 Å². The van der Waals surface area contributed by atoms with Crippen LogP contribution in [0.5, 0.6) is 0 Å². The largest absolute Gasteiger partial charge is 0.416 e. The number of rotatable bonds is 4. The first-order valence-corrected chi connectivity index (χ1v) is 10.2. The molecule has 29 heavy (non-hydrogen) atoms. The summed E-state index contributed by atoms with van der Waals surface area (Å²) in [6, 6.07) is 10.3. The second-order valence-electron chi connectivity index (χ2n) is 6.36. The molecule has 0 radical (unpaired) electrons. The van der Waals surface area contributed by atoms with Gasteiger partial charge in [0.15, 0.2) is 9.84 Å². The van der Waals surface area contributed by atoms with Crippen LogP contribution < -0.4 is 5.32 Å². The molecule has 0 atom stereocenters. The van der Waals surface area contributed by atoms with Crippen molar-refractivity contribution < 1.29 is 26.4 Å². The highest BCUT2D eigenvalue weighted by Crippen LogP contribution is 2.30. The van der Waals surface area contributed by atoms with Gasteiger partial charge in [-0.15, -0.1) is 0 Å². The summed E-state index contributed by atoms with van der Waals surface area (Å²) in [7, 11) is -3.44. The summed E-state index contributed by atoms with van der Waals surface area (Å²) in [6.07, 6.45) is -2.20. The molecule has 0 saturated heterocycles. The molecule has 3 aromatic rings. The normalized spacial score (nSPS) is 12.0. The first kappa shape index (κ1) is 20.6. The van der Waals surface area contributed by atoms with Gasteiger partial charge in [-0.1, -0.05) is 12.1 Å². The first-order valence-electron chi connectivity index (χ1n) is 8.30. The van der Waals surface area contributed by atoms with Gasteiger partial charge >= 0.3 is 6.18 Å². The van der Waals surface area contributed by atoms with Gasteiger partial charge in [0.05, 0.1) is 33.6 Å². The maximum absolute atomic E-state index is 12.9. The summed E-state index contributed by atoms with van der Waals surface area (Å²) in [4.78, 5) is 12.6. The number of sulfone groups is 1. The van der Waals surface area contributed by atoms with Gasteiger partial charge in [-0.2, -0.15) is 18.3 Å². The number of benzene rings is 2. The number of halogens is 3. The van der Waals surface area contributed by atoms with Crippen LogP contribution in [0.25, 0.3) is 5.69 Å². The van der Waals surface area contributed by atoms with E-state index in [2.05, 4.69) is 10.4 Å². The minimum Gasteiger partial charge on any atom is -0.322 e. The maximum Gasteiger partial charge on any atom is 0.416 e. The molecule has 0 unspecified atom stereocenters. The van der Waals surface area contributed by atoms with Crippen LogP contribution in [0.4, 0.5) is 18.9 Å². The van der Waals surface area contributed by atoms with E-state index in [1.807, 2.05) is 0 Å². The summed E-state index contributed by atoms with van der Waals surface area (Å²) in [5, 5.41) is 6.60. The van der Waals surface area contributed by atoms with Crippen molar-refractivity contribution in [2.75, 3.05) is 11.6 Å². The van der Waals surface area contributed by atoms with Crippen molar-refractivity contribution in [3.63, 3.8) is 0 Å². The van der Waals surface area contributed by atoms with Crippen LogP contribution in [0.1, 0.15) is 21.6 Å². The zero-order chi connectivity index (χ0) is 21.4. The second-order valence-corrected chi connectivity index (χ2v) is 8.37. The van der Waals surface area contributed by atoms with Crippen LogP contribution in [-0.2, 0) is 16.0 Å². The maximum atomic E-state index is 12.9. The number of carbonyl (C=O) groups is 1. The van der Waals surface area contributed by atoms with Crippen LogP contribution in [-0.4, -0.2) is 30.4 Å². The van der Waals surface area contributed by atoms with Crippen LogP contribution >= 0.6 is 0 Å². The minimum absolute atomic E-state index is 0.0479. The van der Waals surface area contributed by atoms with Gasteiger partial charge in [-0.25, -0.2) is 13.1 Å². The highest BCUT2D eigenvalue weighted by atomic mass is 32.2. The highest BCUT2D eigenvalue weighted by Gasteiger charge is 2.30. The number of hydrogen-bond donors (Lipinski definition) is 1. The first-order chi connectivity index (χ1) is 13.5. The molecule has 3 rings (SSSR count). The predicted octanol–water partition coefficient (Wildman–Crippen LogP) is 3.86. The fourth-order valence-corrected chi connectivity index (χ4v) is 3.38. The molecule has 0 spiro atoms. The Balaban J connectivity index is 1.89. The van der Waals surface area contributed by atoms with E-state index in [0.29, 0.717) is 5.69 Å². The lowest BCUT2D eigenvalue weighted by molar-refractivity contribution is -0.137. The molecule has 0 bridgehead atoms. The third-order valence-electron chi connectivity index (χ3n) is 4.19. The van der Waals surface area contributed by atoms with Crippen molar-refractivity contribution in [3.8, 4) is 5.69 Å². The lowest BCUT2D eigenvalue weighted by Crippen LogP contribution is -2.13. The standard InChI is InChI=1S/C19H16F3N3O3S/c1-12-17(18(26)24-14-6-4-8-16(10-14)29(2,27)28)11-23-25(12)15-7-3-5-13(9-15)19(20,21)22/h3-11H,1-2H3,(H,24,26). The minimum atomic E-state index is -4.50. The molecule has 2 aromatic carbocycles. The van der Waals surface area contributed by atoms with E-state index in [9.17, 15) is 26.4 Å². The number of amides is 1. The van der Waals surface area contributed by atoms with Gasteiger partial charge in [-0.05, 0) is 43.3 Å². The van der Waals surface area contributed by atoms with Crippen LogP contribution in [0.15, 0.2) is 59.6 Å². The Hall–Kier alpha value is -3.14. The molecule has 0 saturated carbocycles. The fraction of sp³-hybridized carbons (Fsp3) is 0.158. The van der Waals surface area contributed by atoms with Crippen LogP contribution in [0.3, 0.4) is 0 Å². The number of aromatic nitrogens is 2. The van der Waals surface area contributed by atoms with Gasteiger partial charge in [0.25, 0.3) is 5.91 Å². The lowest BCUT2D eigenvalue weighted by atomic mass is 10.2. The molecule has 10 heteroatoms. The van der Waals surface area contributed by atoms with Gasteiger partial charge in [0.2, 0.25) is 0 Å². The van der Waals surface area contributed by atoms with E-state index in [0.717, 1.165) is 18.4 Å². The average Bonchev–Trinajstić information content (AvgIpc) is 3.02. The predicted molar refractivity (Wildman–Crippen MR) is 101 cm³/mol. The Bertz CT molecular complexity index is 1180. The van der Waals surface area contributed by atoms with Crippen molar-refractivity contribution in [1.29, 1.82) is 0 Å². The van der Waals surface area contributed by atoms with E-state index < -0.39 is 27.5 Å². The molecule has 0 aliphatic heterocycles. The molecule has 1 aromatic heterocycles. The monoisotopic (exact) mass is 423 g/mol. The summed E-state index contributed by atoms with van der Waals surface area (Å²) < 4.78 is 63.3. The van der Waals surface area contributed by atoms with Crippen molar-refractivity contribution >= 4 is 21.4 Å². The Kier molecular flexibility index (Phi) is 5.22. The molecule has 0 aliphatic carbocycles. The molecule has 1 heterocycles. The zero-order valence-corrected chi connectivity index (χ0v) is 16.2. The SMILES string of the molecule is Cc1c(C(=O)Nc2cccc(S(C)(=O)=O)c2)cnn1-c1cccc(C(F)(F)F)c1. The molecule has 152 valence electrons. The van der Waals surface area contributed by atoms with Gasteiger partial charge < -0.3 is 5.32 Å². The molecule has 0 fully saturated rings. The van der Waals surface area contributed by atoms with E-state index in [1.165, 1.54) is 47.3 Å². The molecule has 1 amide bonds. The van der Waals surface area contributed by atoms with E-state index in [-0.39, 0.29) is 21.8 Å². The Morgan fingerprint density at radius 2 is 1.79 bits per heavy atom. The van der Waals surface area contributed by atoms with Crippen molar-refractivity contribution in [3.05, 3.63) is 71.5 Å². The van der Waals surface area contributed by atoms with Crippen LogP contribution in [0, 0.1) is 6.92 Å². The number of nitrogens with one attached hydrogen (secondary N) is 1. The molecule has 6 nitrogen and oxygen atoms in total. The summed E-state index contributed by atoms with van der Waals surface area (Å²) in [6.45, 7) is 1.55. The topological polar surface area (TPSA) is 81.1 Å². The molecule has 1 N–H and O–H groups in total. The third kappa shape index (κ3) is 4.48. The van der Waals surface area contributed by atoms with E-state index >= 15 is 0 Å². The van der Waals surface area contributed by atoms with Gasteiger partial charge in [0, 0.05) is 11.9 Å². The summed E-state index contributed by atoms with van der Waals surface area (Å²) >= 11 is 0. The van der Waals surface area contributed by atoms with Gasteiger partial charge in [-0.3, -0.25) is 4.79 Å². The average molecular weight is 423 g/mol. The number of nitrogens with zero attached hydrogens (tertiary/aromatic N) is 2. The summed E-state index contributed by atoms with van der Waals surface area (Å²) in [5.74, 6) is -0.564. The fourth-order valence-electron chi connectivity index (χ4n) is 2.71. The molecular weight excluding hydrogens is 407 g/mol. The number of anilines is 1. The van der Waals surface area contributed by atoms with E-state index in [4.69, 9.17) is 0 Å². The van der Waals surface area contributed by atoms with Crippen molar-refractivity contribution in [2.24, 2.45) is 0 Å². The number of carbonyl (C=O) groups excluding carboxylic acids is 1. The highest BCUT2D eigenvalue weighted by molar-refractivity contribution is 7.90. The molecular formula is C19H16F3N3O3S. The zero-order valence-electron chi connectivity index (χ0n) is 15.4. The summed E-state index contributed by atoms with van der Waals surface area (Å²) in [5.41, 5.74) is 0.0846. The molecule has 0 aliphatic rings. The lowest BCUT2D eigenvalue weighted by Gasteiger charge is -2.10. The smallest absolute Gasteiger partial charge is 0.322 e. The number of hydrogen-bond acceptors (Lipinski definition) is 4.